The fourth-order valence-electron chi connectivity index (χ4n) is 3.57. The summed E-state index contributed by atoms with van der Waals surface area (Å²) in [6, 6.07) is 4.85. The Morgan fingerprint density at radius 1 is 1.00 bits per heavy atom. The third-order valence-corrected chi connectivity index (χ3v) is 4.86. The second-order valence-corrected chi connectivity index (χ2v) is 10.5. The standard InChI is InChI=1S/C27H41N3O4/c1-11-20-12-14-21(15-13-20)23(24(31)28-18(4)5)30(19(6)7)25(32)22(16-17(2)3)29-26(33)34-27(8,9)10/h1,12-15,17-19,22-23H,16H2,2-10H3,(H,28,31)(H,29,33). The van der Waals surface area contributed by atoms with E-state index in [1.54, 1.807) is 45.0 Å². The SMILES string of the molecule is C#Cc1ccc(C(C(=O)NC(C)C)N(C(=O)C(CC(C)C)NC(=O)OC(C)(C)C)C(C)C)cc1. The van der Waals surface area contributed by atoms with Crippen molar-refractivity contribution in [2.75, 3.05) is 0 Å². The zero-order valence-corrected chi connectivity index (χ0v) is 22.1. The van der Waals surface area contributed by atoms with Crippen molar-refractivity contribution in [2.24, 2.45) is 5.92 Å². The van der Waals surface area contributed by atoms with Crippen molar-refractivity contribution >= 4 is 17.9 Å². The van der Waals surface area contributed by atoms with Gasteiger partial charge in [-0.15, -0.1) is 6.42 Å². The minimum absolute atomic E-state index is 0.115. The van der Waals surface area contributed by atoms with E-state index in [0.29, 0.717) is 17.5 Å². The van der Waals surface area contributed by atoms with Gasteiger partial charge in [0, 0.05) is 17.6 Å². The molecule has 1 aromatic rings. The van der Waals surface area contributed by atoms with Crippen molar-refractivity contribution in [3.63, 3.8) is 0 Å². The van der Waals surface area contributed by atoms with E-state index in [-0.39, 0.29) is 29.8 Å². The molecule has 2 N–H and O–H groups in total. The summed E-state index contributed by atoms with van der Waals surface area (Å²) in [6.07, 6.45) is 5.22. The van der Waals surface area contributed by atoms with Crippen LogP contribution < -0.4 is 10.6 Å². The van der Waals surface area contributed by atoms with Crippen LogP contribution in [0.3, 0.4) is 0 Å². The monoisotopic (exact) mass is 471 g/mol. The van der Waals surface area contributed by atoms with Crippen molar-refractivity contribution < 1.29 is 19.1 Å². The van der Waals surface area contributed by atoms with Crippen LogP contribution >= 0.6 is 0 Å². The van der Waals surface area contributed by atoms with Crippen LogP contribution in [0.15, 0.2) is 24.3 Å². The summed E-state index contributed by atoms with van der Waals surface area (Å²) in [5.74, 6) is 2.04. The number of hydrogen-bond acceptors (Lipinski definition) is 4. The molecule has 3 amide bonds. The minimum Gasteiger partial charge on any atom is -0.444 e. The minimum atomic E-state index is -0.892. The second-order valence-electron chi connectivity index (χ2n) is 10.5. The number of carbonyl (C=O) groups is 3. The number of nitrogens with zero attached hydrogens (tertiary/aromatic N) is 1. The van der Waals surface area contributed by atoms with E-state index >= 15 is 0 Å². The molecule has 0 radical (unpaired) electrons. The Bertz CT molecular complexity index is 877. The molecule has 2 atom stereocenters. The van der Waals surface area contributed by atoms with Crippen LogP contribution in [0.4, 0.5) is 4.79 Å². The predicted molar refractivity (Wildman–Crippen MR) is 135 cm³/mol. The molecule has 0 heterocycles. The first kappa shape index (κ1) is 29.0. The first-order valence-corrected chi connectivity index (χ1v) is 11.8. The highest BCUT2D eigenvalue weighted by molar-refractivity contribution is 5.92. The topological polar surface area (TPSA) is 87.7 Å². The van der Waals surface area contributed by atoms with Gasteiger partial charge in [-0.25, -0.2) is 4.79 Å². The molecule has 0 aromatic heterocycles. The lowest BCUT2D eigenvalue weighted by molar-refractivity contribution is -0.145. The van der Waals surface area contributed by atoms with Crippen molar-refractivity contribution in [1.29, 1.82) is 0 Å². The van der Waals surface area contributed by atoms with E-state index in [9.17, 15) is 14.4 Å². The van der Waals surface area contributed by atoms with Crippen LogP contribution in [0.2, 0.25) is 0 Å². The first-order chi connectivity index (χ1) is 15.7. The molecule has 0 saturated carbocycles. The number of alkyl carbamates (subject to hydrolysis) is 1. The van der Waals surface area contributed by atoms with E-state index in [1.807, 2.05) is 41.5 Å². The van der Waals surface area contributed by atoms with Gasteiger partial charge in [-0.05, 0) is 78.5 Å². The van der Waals surface area contributed by atoms with Gasteiger partial charge >= 0.3 is 6.09 Å². The molecule has 1 aromatic carbocycles. The van der Waals surface area contributed by atoms with Crippen LogP contribution in [0.25, 0.3) is 0 Å². The molecule has 0 bridgehead atoms. The molecule has 0 saturated heterocycles. The average Bonchev–Trinajstić information content (AvgIpc) is 2.68. The largest absolute Gasteiger partial charge is 0.444 e. The van der Waals surface area contributed by atoms with Crippen molar-refractivity contribution in [2.45, 2.75) is 98.5 Å². The van der Waals surface area contributed by atoms with Gasteiger partial charge in [0.1, 0.15) is 17.7 Å². The number of rotatable bonds is 9. The van der Waals surface area contributed by atoms with E-state index in [1.165, 1.54) is 4.90 Å². The van der Waals surface area contributed by atoms with Gasteiger partial charge in [-0.2, -0.15) is 0 Å². The molecule has 0 spiro atoms. The number of amides is 3. The van der Waals surface area contributed by atoms with E-state index in [2.05, 4.69) is 16.6 Å². The molecule has 0 aliphatic rings. The Balaban J connectivity index is 3.46. The molecule has 0 fully saturated rings. The lowest BCUT2D eigenvalue weighted by atomic mass is 9.97. The summed E-state index contributed by atoms with van der Waals surface area (Å²) >= 11 is 0. The first-order valence-electron chi connectivity index (χ1n) is 11.8. The number of hydrogen-bond donors (Lipinski definition) is 2. The zero-order valence-electron chi connectivity index (χ0n) is 22.1. The lowest BCUT2D eigenvalue weighted by Gasteiger charge is -2.37. The van der Waals surface area contributed by atoms with Gasteiger partial charge in [-0.3, -0.25) is 9.59 Å². The Kier molecular flexibility index (Phi) is 10.6. The summed E-state index contributed by atoms with van der Waals surface area (Å²) < 4.78 is 5.39. The predicted octanol–water partition coefficient (Wildman–Crippen LogP) is 4.41. The molecule has 0 aliphatic heterocycles. The van der Waals surface area contributed by atoms with Gasteiger partial charge in [0.05, 0.1) is 0 Å². The zero-order chi connectivity index (χ0) is 26.2. The molecule has 188 valence electrons. The second kappa shape index (κ2) is 12.5. The van der Waals surface area contributed by atoms with Gasteiger partial charge in [0.2, 0.25) is 11.8 Å². The van der Waals surface area contributed by atoms with Crippen molar-refractivity contribution in [1.82, 2.24) is 15.5 Å². The number of terminal acetylenes is 1. The number of carbonyl (C=O) groups excluding carboxylic acids is 3. The molecule has 0 aliphatic carbocycles. The molecule has 7 nitrogen and oxygen atoms in total. The van der Waals surface area contributed by atoms with Gasteiger partial charge in [0.25, 0.3) is 0 Å². The molecule has 1 rings (SSSR count). The van der Waals surface area contributed by atoms with Crippen molar-refractivity contribution in [3.05, 3.63) is 35.4 Å². The maximum atomic E-state index is 13.9. The summed E-state index contributed by atoms with van der Waals surface area (Å²) in [7, 11) is 0. The fourth-order valence-corrected chi connectivity index (χ4v) is 3.57. The third-order valence-electron chi connectivity index (χ3n) is 4.86. The third kappa shape index (κ3) is 9.09. The summed E-state index contributed by atoms with van der Waals surface area (Å²) in [5, 5.41) is 5.66. The number of nitrogens with one attached hydrogen (secondary N) is 2. The normalized spacial score (nSPS) is 13.3. The Labute approximate surface area is 205 Å². The maximum Gasteiger partial charge on any atom is 0.408 e. The van der Waals surface area contributed by atoms with Gasteiger partial charge in [0.15, 0.2) is 0 Å². The van der Waals surface area contributed by atoms with E-state index in [0.717, 1.165) is 0 Å². The van der Waals surface area contributed by atoms with Crippen LogP contribution in [0, 0.1) is 18.3 Å². The molecular formula is C27H41N3O4. The van der Waals surface area contributed by atoms with Crippen LogP contribution in [-0.2, 0) is 14.3 Å². The summed E-state index contributed by atoms with van der Waals surface area (Å²) in [4.78, 5) is 41.3. The van der Waals surface area contributed by atoms with E-state index < -0.39 is 23.8 Å². The lowest BCUT2D eigenvalue weighted by Crippen LogP contribution is -2.55. The highest BCUT2D eigenvalue weighted by atomic mass is 16.6. The Hall–Kier alpha value is -3.01. The molecular weight excluding hydrogens is 430 g/mol. The highest BCUT2D eigenvalue weighted by Gasteiger charge is 2.38. The fraction of sp³-hybridized carbons (Fsp3) is 0.593. The smallest absolute Gasteiger partial charge is 0.408 e. The summed E-state index contributed by atoms with van der Waals surface area (Å²) in [6.45, 7) is 16.7. The average molecular weight is 472 g/mol. The molecule has 2 unspecified atom stereocenters. The molecule has 34 heavy (non-hydrogen) atoms. The number of ether oxygens (including phenoxy) is 1. The quantitative estimate of drug-likeness (QED) is 0.522. The summed E-state index contributed by atoms with van der Waals surface area (Å²) in [5.41, 5.74) is 0.615. The van der Waals surface area contributed by atoms with Gasteiger partial charge in [-0.1, -0.05) is 31.9 Å². The van der Waals surface area contributed by atoms with Crippen LogP contribution in [0.1, 0.15) is 85.9 Å². The maximum absolute atomic E-state index is 13.9. The molecule has 7 heteroatoms. The Morgan fingerprint density at radius 2 is 1.56 bits per heavy atom. The van der Waals surface area contributed by atoms with Gasteiger partial charge < -0.3 is 20.3 Å². The van der Waals surface area contributed by atoms with Crippen LogP contribution in [0.5, 0.6) is 0 Å². The van der Waals surface area contributed by atoms with Crippen molar-refractivity contribution in [3.8, 4) is 12.3 Å². The Morgan fingerprint density at radius 3 is 1.97 bits per heavy atom. The number of benzene rings is 1. The highest BCUT2D eigenvalue weighted by Crippen LogP contribution is 2.26. The van der Waals surface area contributed by atoms with E-state index in [4.69, 9.17) is 11.2 Å². The van der Waals surface area contributed by atoms with Crippen LogP contribution in [-0.4, -0.2) is 46.5 Å².